The first-order valence-electron chi connectivity index (χ1n) is 9.37. The second-order valence-electron chi connectivity index (χ2n) is 9.01. The fourth-order valence-corrected chi connectivity index (χ4v) is 6.79. The van der Waals surface area contributed by atoms with E-state index in [1.807, 2.05) is 13.8 Å². The summed E-state index contributed by atoms with van der Waals surface area (Å²) in [5.41, 5.74) is -1.90. The summed E-state index contributed by atoms with van der Waals surface area (Å²) in [6.45, 7) is 3.92. The second-order valence-corrected chi connectivity index (χ2v) is 9.01. The van der Waals surface area contributed by atoms with Gasteiger partial charge in [-0.25, -0.2) is 4.79 Å². The van der Waals surface area contributed by atoms with E-state index in [4.69, 9.17) is 0 Å². The van der Waals surface area contributed by atoms with E-state index in [1.54, 1.807) is 6.08 Å². The Hall–Kier alpha value is -1.49. The molecule has 6 atom stereocenters. The third-order valence-electron chi connectivity index (χ3n) is 8.35. The molecule has 0 unspecified atom stereocenters. The number of fused-ring (bicyclic) bond motifs is 5. The van der Waals surface area contributed by atoms with Gasteiger partial charge < -0.3 is 10.2 Å². The van der Waals surface area contributed by atoms with Crippen LogP contribution < -0.4 is 0 Å². The SMILES string of the molecule is C[C@]12C(=O)CC(=O)C=C1CC[C@@H]1[C@@H]2CC[C@@]2(C)[C@H]1CC[C@]2(O)C(=O)O. The Balaban J connectivity index is 1.74. The predicted octanol–water partition coefficient (Wildman–Crippen LogP) is 2.51. The summed E-state index contributed by atoms with van der Waals surface area (Å²) in [5.74, 6) is -0.653. The summed E-state index contributed by atoms with van der Waals surface area (Å²) in [6, 6.07) is 0. The molecule has 0 spiro atoms. The monoisotopic (exact) mass is 346 g/mol. The fraction of sp³-hybridized carbons (Fsp3) is 0.750. The van der Waals surface area contributed by atoms with Crippen LogP contribution in [0, 0.1) is 28.6 Å². The Morgan fingerprint density at radius 2 is 1.80 bits per heavy atom. The third-order valence-corrected chi connectivity index (χ3v) is 8.35. The summed E-state index contributed by atoms with van der Waals surface area (Å²) in [4.78, 5) is 36.4. The lowest BCUT2D eigenvalue weighted by molar-refractivity contribution is -0.182. The van der Waals surface area contributed by atoms with Crippen molar-refractivity contribution in [3.63, 3.8) is 0 Å². The Labute approximate surface area is 147 Å². The molecule has 0 amide bonds. The maximum Gasteiger partial charge on any atom is 0.336 e. The van der Waals surface area contributed by atoms with Crippen LogP contribution in [0.4, 0.5) is 0 Å². The van der Waals surface area contributed by atoms with Gasteiger partial charge >= 0.3 is 5.97 Å². The van der Waals surface area contributed by atoms with Crippen molar-refractivity contribution >= 4 is 17.5 Å². The molecule has 4 rings (SSSR count). The van der Waals surface area contributed by atoms with Crippen molar-refractivity contribution in [2.45, 2.75) is 64.4 Å². The van der Waals surface area contributed by atoms with E-state index in [0.29, 0.717) is 19.3 Å². The molecule has 0 aromatic heterocycles. The van der Waals surface area contributed by atoms with Crippen LogP contribution >= 0.6 is 0 Å². The number of carbonyl (C=O) groups excluding carboxylic acids is 2. The van der Waals surface area contributed by atoms with E-state index in [-0.39, 0.29) is 35.7 Å². The molecule has 5 heteroatoms. The molecule has 0 radical (unpaired) electrons. The number of aliphatic hydroxyl groups is 1. The topological polar surface area (TPSA) is 91.7 Å². The molecule has 136 valence electrons. The molecule has 4 aliphatic rings. The van der Waals surface area contributed by atoms with E-state index < -0.39 is 22.4 Å². The Bertz CT molecular complexity index is 709. The molecule has 2 N–H and O–H groups in total. The molecular formula is C20H26O5. The zero-order valence-corrected chi connectivity index (χ0v) is 14.9. The lowest BCUT2D eigenvalue weighted by atomic mass is 9.46. The minimum Gasteiger partial charge on any atom is -0.479 e. The van der Waals surface area contributed by atoms with Crippen LogP contribution in [0.25, 0.3) is 0 Å². The third kappa shape index (κ3) is 1.90. The highest BCUT2D eigenvalue weighted by molar-refractivity contribution is 6.11. The normalized spacial score (nSPS) is 49.1. The first kappa shape index (κ1) is 17.0. The molecule has 25 heavy (non-hydrogen) atoms. The number of carbonyl (C=O) groups is 3. The van der Waals surface area contributed by atoms with Gasteiger partial charge in [0.1, 0.15) is 0 Å². The van der Waals surface area contributed by atoms with Gasteiger partial charge in [0.15, 0.2) is 17.2 Å². The zero-order chi connectivity index (χ0) is 18.2. The van der Waals surface area contributed by atoms with Crippen molar-refractivity contribution in [1.29, 1.82) is 0 Å². The largest absolute Gasteiger partial charge is 0.479 e. The van der Waals surface area contributed by atoms with Crippen molar-refractivity contribution in [2.24, 2.45) is 28.6 Å². The van der Waals surface area contributed by atoms with E-state index >= 15 is 0 Å². The predicted molar refractivity (Wildman–Crippen MR) is 89.7 cm³/mol. The average molecular weight is 346 g/mol. The maximum absolute atomic E-state index is 12.8. The quantitative estimate of drug-likeness (QED) is 0.712. The molecule has 0 aromatic carbocycles. The van der Waals surface area contributed by atoms with Crippen molar-refractivity contribution < 1.29 is 24.6 Å². The van der Waals surface area contributed by atoms with E-state index in [1.165, 1.54) is 0 Å². The van der Waals surface area contributed by atoms with E-state index in [9.17, 15) is 24.6 Å². The van der Waals surface area contributed by atoms with Crippen LogP contribution in [0.1, 0.15) is 58.8 Å². The van der Waals surface area contributed by atoms with Crippen molar-refractivity contribution in [2.75, 3.05) is 0 Å². The Morgan fingerprint density at radius 1 is 1.12 bits per heavy atom. The zero-order valence-electron chi connectivity index (χ0n) is 14.9. The van der Waals surface area contributed by atoms with Crippen LogP contribution in [0.3, 0.4) is 0 Å². The number of allylic oxidation sites excluding steroid dienone is 1. The van der Waals surface area contributed by atoms with Crippen molar-refractivity contribution in [3.05, 3.63) is 11.6 Å². The van der Waals surface area contributed by atoms with E-state index in [0.717, 1.165) is 24.8 Å². The van der Waals surface area contributed by atoms with Gasteiger partial charge in [-0.3, -0.25) is 9.59 Å². The first-order valence-corrected chi connectivity index (χ1v) is 9.37. The smallest absolute Gasteiger partial charge is 0.336 e. The molecule has 0 aliphatic heterocycles. The summed E-state index contributed by atoms with van der Waals surface area (Å²) >= 11 is 0. The molecule has 3 fully saturated rings. The average Bonchev–Trinajstić information content (AvgIpc) is 2.82. The lowest BCUT2D eigenvalue weighted by Gasteiger charge is -2.57. The molecule has 0 bridgehead atoms. The van der Waals surface area contributed by atoms with Gasteiger partial charge in [-0.15, -0.1) is 0 Å². The number of carboxylic acid groups (broad SMARTS) is 1. The number of ketones is 2. The molecule has 0 saturated heterocycles. The summed E-state index contributed by atoms with van der Waals surface area (Å²) in [6.07, 6.45) is 5.63. The van der Waals surface area contributed by atoms with Gasteiger partial charge in [0.05, 0.1) is 11.8 Å². The number of carboxylic acids is 1. The highest BCUT2D eigenvalue weighted by Gasteiger charge is 2.67. The van der Waals surface area contributed by atoms with Gasteiger partial charge in [0.25, 0.3) is 0 Å². The first-order chi connectivity index (χ1) is 11.6. The lowest BCUT2D eigenvalue weighted by Crippen LogP contribution is -2.58. The molecule has 3 saturated carbocycles. The van der Waals surface area contributed by atoms with Gasteiger partial charge in [-0.2, -0.15) is 0 Å². The minimum atomic E-state index is -1.66. The molecule has 5 nitrogen and oxygen atoms in total. The standard InChI is InChI=1S/C20H26O5/c1-18-7-5-15-13(14(18)6-8-20(18,25)17(23)24)4-3-11-9-12(21)10-16(22)19(11,15)2/h9,13-15,25H,3-8,10H2,1-2H3,(H,23,24)/t13-,14-,15-,18-,19-,20-/m0/s1. The fourth-order valence-electron chi connectivity index (χ4n) is 6.79. The van der Waals surface area contributed by atoms with Gasteiger partial charge in [0.2, 0.25) is 0 Å². The molecule has 0 heterocycles. The van der Waals surface area contributed by atoms with Crippen LogP contribution in [-0.2, 0) is 14.4 Å². The van der Waals surface area contributed by atoms with Gasteiger partial charge in [0, 0.05) is 5.41 Å². The highest BCUT2D eigenvalue weighted by Crippen LogP contribution is 2.67. The number of Topliss-reactive ketones (excluding diaryl/α,β-unsaturated/α-hetero) is 1. The molecule has 4 aliphatic carbocycles. The Morgan fingerprint density at radius 3 is 2.48 bits per heavy atom. The van der Waals surface area contributed by atoms with Crippen molar-refractivity contribution in [1.82, 2.24) is 0 Å². The van der Waals surface area contributed by atoms with Crippen LogP contribution in [0.15, 0.2) is 11.6 Å². The summed E-state index contributed by atoms with van der Waals surface area (Å²) < 4.78 is 0. The summed E-state index contributed by atoms with van der Waals surface area (Å²) in [7, 11) is 0. The van der Waals surface area contributed by atoms with Crippen LogP contribution in [-0.4, -0.2) is 33.3 Å². The second kappa shape index (κ2) is 5.03. The minimum absolute atomic E-state index is 0.00970. The Kier molecular flexibility index (Phi) is 3.41. The molecular weight excluding hydrogens is 320 g/mol. The number of aliphatic carboxylic acids is 1. The van der Waals surface area contributed by atoms with Gasteiger partial charge in [-0.05, 0) is 69.3 Å². The summed E-state index contributed by atoms with van der Waals surface area (Å²) in [5, 5.41) is 20.5. The van der Waals surface area contributed by atoms with Gasteiger partial charge in [-0.1, -0.05) is 12.5 Å². The molecule has 0 aromatic rings. The number of rotatable bonds is 1. The number of hydrogen-bond donors (Lipinski definition) is 2. The van der Waals surface area contributed by atoms with Crippen molar-refractivity contribution in [3.8, 4) is 0 Å². The van der Waals surface area contributed by atoms with E-state index in [2.05, 4.69) is 0 Å². The van der Waals surface area contributed by atoms with Crippen LogP contribution in [0.5, 0.6) is 0 Å². The number of hydrogen-bond acceptors (Lipinski definition) is 4. The highest BCUT2D eigenvalue weighted by atomic mass is 16.4. The maximum atomic E-state index is 12.8. The van der Waals surface area contributed by atoms with Crippen LogP contribution in [0.2, 0.25) is 0 Å².